The van der Waals surface area contributed by atoms with Crippen LogP contribution in [0, 0.1) is 0 Å². The number of benzene rings is 1. The molecule has 1 saturated heterocycles. The zero-order valence-corrected chi connectivity index (χ0v) is 11.6. The molecule has 0 amide bonds. The Hall–Kier alpha value is -0.860. The fourth-order valence-electron chi connectivity index (χ4n) is 2.49. The summed E-state index contributed by atoms with van der Waals surface area (Å²) >= 11 is 0. The Morgan fingerprint density at radius 1 is 1.22 bits per heavy atom. The number of hydrogen-bond donors (Lipinski definition) is 0. The largest absolute Gasteiger partial charge is 0.377 e. The molecular weight excluding hydrogens is 222 g/mol. The van der Waals surface area contributed by atoms with Crippen LogP contribution in [0.2, 0.25) is 0 Å². The minimum absolute atomic E-state index is 0.435. The van der Waals surface area contributed by atoms with E-state index in [0.717, 1.165) is 19.7 Å². The highest BCUT2D eigenvalue weighted by Gasteiger charge is 2.19. The van der Waals surface area contributed by atoms with Crippen molar-refractivity contribution in [1.82, 2.24) is 4.90 Å². The second kappa shape index (κ2) is 6.91. The third kappa shape index (κ3) is 4.11. The normalized spacial score (nSPS) is 20.6. The molecule has 2 nitrogen and oxygen atoms in total. The summed E-state index contributed by atoms with van der Waals surface area (Å²) in [6, 6.07) is 11.3. The van der Waals surface area contributed by atoms with Gasteiger partial charge in [-0.3, -0.25) is 4.90 Å². The van der Waals surface area contributed by atoms with Crippen LogP contribution in [0.15, 0.2) is 30.3 Å². The summed E-state index contributed by atoms with van der Waals surface area (Å²) in [4.78, 5) is 2.52. The van der Waals surface area contributed by atoms with Gasteiger partial charge in [-0.15, -0.1) is 0 Å². The molecule has 1 aromatic rings. The average Bonchev–Trinajstić information content (AvgIpc) is 2.40. The van der Waals surface area contributed by atoms with Crippen molar-refractivity contribution < 1.29 is 4.74 Å². The molecule has 1 aliphatic heterocycles. The van der Waals surface area contributed by atoms with Crippen LogP contribution in [-0.2, 0) is 11.3 Å². The fraction of sp³-hybridized carbons (Fsp3) is 0.625. The van der Waals surface area contributed by atoms with E-state index in [1.54, 1.807) is 0 Å². The minimum Gasteiger partial charge on any atom is -0.377 e. The number of hydrogen-bond acceptors (Lipinski definition) is 2. The van der Waals surface area contributed by atoms with Gasteiger partial charge in [0.05, 0.1) is 6.10 Å². The van der Waals surface area contributed by atoms with Crippen LogP contribution in [-0.4, -0.2) is 30.2 Å². The Morgan fingerprint density at radius 2 is 2.00 bits per heavy atom. The van der Waals surface area contributed by atoms with Gasteiger partial charge in [-0.1, -0.05) is 30.3 Å². The van der Waals surface area contributed by atoms with E-state index in [4.69, 9.17) is 4.74 Å². The molecule has 0 bridgehead atoms. The summed E-state index contributed by atoms with van der Waals surface area (Å²) in [7, 11) is 0. The van der Waals surface area contributed by atoms with E-state index < -0.39 is 0 Å². The maximum absolute atomic E-state index is 5.85. The first-order valence-corrected chi connectivity index (χ1v) is 7.15. The first kappa shape index (κ1) is 13.6. The van der Waals surface area contributed by atoms with Gasteiger partial charge in [0.1, 0.15) is 0 Å². The molecule has 1 fully saturated rings. The van der Waals surface area contributed by atoms with E-state index in [9.17, 15) is 0 Å². The highest BCUT2D eigenvalue weighted by Crippen LogP contribution is 2.16. The zero-order valence-electron chi connectivity index (χ0n) is 11.6. The molecule has 1 atom stereocenters. The lowest BCUT2D eigenvalue weighted by Gasteiger charge is -2.32. The Kier molecular flexibility index (Phi) is 5.21. The summed E-state index contributed by atoms with van der Waals surface area (Å²) in [5, 5.41) is 0. The van der Waals surface area contributed by atoms with Crippen LogP contribution in [0.4, 0.5) is 0 Å². The predicted molar refractivity (Wildman–Crippen MR) is 75.6 cm³/mol. The molecule has 2 heteroatoms. The van der Waals surface area contributed by atoms with Crippen molar-refractivity contribution in [2.24, 2.45) is 0 Å². The van der Waals surface area contributed by atoms with Crippen LogP contribution in [0.25, 0.3) is 0 Å². The molecule has 0 aliphatic carbocycles. The summed E-state index contributed by atoms with van der Waals surface area (Å²) in [5.74, 6) is 0. The molecule has 1 aromatic carbocycles. The van der Waals surface area contributed by atoms with Gasteiger partial charge in [0, 0.05) is 25.7 Å². The molecule has 0 radical (unpaired) electrons. The number of ether oxygens (including phenoxy) is 1. The quantitative estimate of drug-likeness (QED) is 0.790. The second-order valence-electron chi connectivity index (χ2n) is 5.50. The van der Waals surface area contributed by atoms with Crippen molar-refractivity contribution in [3.8, 4) is 0 Å². The van der Waals surface area contributed by atoms with Crippen LogP contribution in [0.5, 0.6) is 0 Å². The van der Waals surface area contributed by atoms with E-state index in [2.05, 4.69) is 49.1 Å². The first-order chi connectivity index (χ1) is 8.75. The lowest BCUT2D eigenvalue weighted by molar-refractivity contribution is -0.0129. The standard InChI is InChI=1S/C16H25NO/c1-14(2)17(12-15-8-4-3-5-9-15)13-16-10-6-7-11-18-16/h3-5,8-9,14,16H,6-7,10-13H2,1-2H3. The van der Waals surface area contributed by atoms with Crippen LogP contribution >= 0.6 is 0 Å². The van der Waals surface area contributed by atoms with Gasteiger partial charge < -0.3 is 4.74 Å². The van der Waals surface area contributed by atoms with Crippen LogP contribution in [0.1, 0.15) is 38.7 Å². The fourth-order valence-corrected chi connectivity index (χ4v) is 2.49. The maximum Gasteiger partial charge on any atom is 0.0702 e. The van der Waals surface area contributed by atoms with Gasteiger partial charge in [0.25, 0.3) is 0 Å². The smallest absolute Gasteiger partial charge is 0.0702 e. The van der Waals surface area contributed by atoms with Gasteiger partial charge in [-0.05, 0) is 38.7 Å². The van der Waals surface area contributed by atoms with Crippen molar-refractivity contribution in [3.05, 3.63) is 35.9 Å². The third-order valence-corrected chi connectivity index (χ3v) is 3.67. The zero-order chi connectivity index (χ0) is 12.8. The maximum atomic E-state index is 5.85. The summed E-state index contributed by atoms with van der Waals surface area (Å²) in [5.41, 5.74) is 1.39. The highest BCUT2D eigenvalue weighted by atomic mass is 16.5. The Balaban J connectivity index is 1.91. The number of nitrogens with zero attached hydrogens (tertiary/aromatic N) is 1. The van der Waals surface area contributed by atoms with Crippen LogP contribution in [0.3, 0.4) is 0 Å². The monoisotopic (exact) mass is 247 g/mol. The lowest BCUT2D eigenvalue weighted by Crippen LogP contribution is -2.39. The van der Waals surface area contributed by atoms with Gasteiger partial charge in [0.2, 0.25) is 0 Å². The Labute approximate surface area is 111 Å². The molecule has 0 aromatic heterocycles. The van der Waals surface area contributed by atoms with Crippen molar-refractivity contribution in [2.75, 3.05) is 13.2 Å². The molecule has 2 rings (SSSR count). The van der Waals surface area contributed by atoms with Gasteiger partial charge in [0.15, 0.2) is 0 Å². The molecule has 0 saturated carbocycles. The van der Waals surface area contributed by atoms with E-state index >= 15 is 0 Å². The van der Waals surface area contributed by atoms with Gasteiger partial charge in [-0.25, -0.2) is 0 Å². The Morgan fingerprint density at radius 3 is 2.61 bits per heavy atom. The van der Waals surface area contributed by atoms with Gasteiger partial charge in [-0.2, -0.15) is 0 Å². The topological polar surface area (TPSA) is 12.5 Å². The minimum atomic E-state index is 0.435. The third-order valence-electron chi connectivity index (χ3n) is 3.67. The molecule has 18 heavy (non-hydrogen) atoms. The van der Waals surface area contributed by atoms with Crippen molar-refractivity contribution in [2.45, 2.75) is 51.8 Å². The summed E-state index contributed by atoms with van der Waals surface area (Å²) in [6.45, 7) is 7.57. The molecule has 1 aliphatic rings. The van der Waals surface area contributed by atoms with E-state index in [-0.39, 0.29) is 0 Å². The molecule has 0 spiro atoms. The van der Waals surface area contributed by atoms with Crippen molar-refractivity contribution in [3.63, 3.8) is 0 Å². The van der Waals surface area contributed by atoms with Crippen LogP contribution < -0.4 is 0 Å². The summed E-state index contributed by atoms with van der Waals surface area (Å²) < 4.78 is 5.85. The number of rotatable bonds is 5. The molecular formula is C16H25NO. The van der Waals surface area contributed by atoms with E-state index in [1.165, 1.54) is 24.8 Å². The SMILES string of the molecule is CC(C)N(Cc1ccccc1)CC1CCCCO1. The van der Waals surface area contributed by atoms with Crippen molar-refractivity contribution >= 4 is 0 Å². The lowest BCUT2D eigenvalue weighted by atomic mass is 10.1. The summed E-state index contributed by atoms with van der Waals surface area (Å²) in [6.07, 6.45) is 4.21. The Bertz CT molecular complexity index is 330. The van der Waals surface area contributed by atoms with Crippen molar-refractivity contribution in [1.29, 1.82) is 0 Å². The first-order valence-electron chi connectivity index (χ1n) is 7.15. The molecule has 0 N–H and O–H groups in total. The van der Waals surface area contributed by atoms with E-state index in [1.807, 2.05) is 0 Å². The predicted octanol–water partition coefficient (Wildman–Crippen LogP) is 3.47. The second-order valence-corrected chi connectivity index (χ2v) is 5.50. The molecule has 1 heterocycles. The highest BCUT2D eigenvalue weighted by molar-refractivity contribution is 5.14. The van der Waals surface area contributed by atoms with Gasteiger partial charge >= 0.3 is 0 Å². The molecule has 100 valence electrons. The average molecular weight is 247 g/mol. The molecule has 1 unspecified atom stereocenters. The van der Waals surface area contributed by atoms with E-state index in [0.29, 0.717) is 12.1 Å².